The average Bonchev–Trinajstić information content (AvgIpc) is 3.30. The molecule has 4 rings (SSSR count). The van der Waals surface area contributed by atoms with E-state index in [0.717, 1.165) is 12.8 Å². The third-order valence-corrected chi connectivity index (χ3v) is 5.79. The number of benzene rings is 2. The Morgan fingerprint density at radius 2 is 1.94 bits per heavy atom. The van der Waals surface area contributed by atoms with Crippen molar-refractivity contribution in [3.05, 3.63) is 66.9 Å². The second-order valence-electron chi connectivity index (χ2n) is 7.52. The largest absolute Gasteiger partial charge is 0.489 e. The lowest BCUT2D eigenvalue weighted by Gasteiger charge is -2.20. The van der Waals surface area contributed by atoms with E-state index >= 15 is 0 Å². The number of ether oxygens (including phenoxy) is 1. The van der Waals surface area contributed by atoms with Crippen molar-refractivity contribution in [2.75, 3.05) is 24.6 Å². The first-order valence-corrected chi connectivity index (χ1v) is 10.8. The highest BCUT2D eigenvalue weighted by Gasteiger charge is 2.22. The summed E-state index contributed by atoms with van der Waals surface area (Å²) in [6.45, 7) is 1.11. The second kappa shape index (κ2) is 9.32. The molecule has 1 aromatic heterocycles. The van der Waals surface area contributed by atoms with Gasteiger partial charge in [0, 0.05) is 36.3 Å². The van der Waals surface area contributed by atoms with Gasteiger partial charge in [-0.2, -0.15) is 0 Å². The van der Waals surface area contributed by atoms with Gasteiger partial charge < -0.3 is 19.3 Å². The monoisotopic (exact) mass is 478 g/mol. The SMILES string of the molecule is O=c1c(N2CCCC2)nc2ccc([N+](=O)[O-])cc2n1CC(O)COc1cc(Cl)ccc1Cl. The zero-order valence-electron chi connectivity index (χ0n) is 16.9. The Bertz CT molecular complexity index is 1230. The highest BCUT2D eigenvalue weighted by Crippen LogP contribution is 2.28. The maximum atomic E-state index is 13.3. The molecule has 0 spiro atoms. The number of hydrogen-bond acceptors (Lipinski definition) is 7. The Morgan fingerprint density at radius 1 is 1.19 bits per heavy atom. The van der Waals surface area contributed by atoms with Crippen LogP contribution in [0.25, 0.3) is 11.0 Å². The van der Waals surface area contributed by atoms with Crippen LogP contribution in [0.1, 0.15) is 12.8 Å². The maximum Gasteiger partial charge on any atom is 0.294 e. The molecule has 1 aliphatic rings. The number of nitrogens with zero attached hydrogens (tertiary/aromatic N) is 4. The van der Waals surface area contributed by atoms with Crippen LogP contribution in [0, 0.1) is 10.1 Å². The van der Waals surface area contributed by atoms with Gasteiger partial charge in [-0.1, -0.05) is 23.2 Å². The molecule has 0 aliphatic carbocycles. The number of nitro groups is 1. The molecule has 2 heterocycles. The number of aliphatic hydroxyl groups excluding tert-OH is 1. The first-order chi connectivity index (χ1) is 15.3. The van der Waals surface area contributed by atoms with Crippen molar-refractivity contribution in [3.63, 3.8) is 0 Å². The molecular formula is C21H20Cl2N4O5. The number of nitro benzene ring substituents is 1. The molecule has 1 unspecified atom stereocenters. The lowest BCUT2D eigenvalue weighted by molar-refractivity contribution is -0.384. The highest BCUT2D eigenvalue weighted by atomic mass is 35.5. The zero-order chi connectivity index (χ0) is 22.8. The molecule has 9 nitrogen and oxygen atoms in total. The van der Waals surface area contributed by atoms with E-state index < -0.39 is 16.6 Å². The lowest BCUT2D eigenvalue weighted by atomic mass is 10.2. The summed E-state index contributed by atoms with van der Waals surface area (Å²) < 4.78 is 6.90. The summed E-state index contributed by atoms with van der Waals surface area (Å²) in [5.74, 6) is 0.577. The van der Waals surface area contributed by atoms with Crippen molar-refractivity contribution in [2.45, 2.75) is 25.5 Å². The highest BCUT2D eigenvalue weighted by molar-refractivity contribution is 6.34. The van der Waals surface area contributed by atoms with Crippen molar-refractivity contribution in [1.29, 1.82) is 0 Å². The molecule has 32 heavy (non-hydrogen) atoms. The van der Waals surface area contributed by atoms with Gasteiger partial charge in [-0.3, -0.25) is 14.9 Å². The number of aliphatic hydroxyl groups is 1. The van der Waals surface area contributed by atoms with Crippen LogP contribution in [0.4, 0.5) is 11.5 Å². The summed E-state index contributed by atoms with van der Waals surface area (Å²) in [7, 11) is 0. The molecule has 0 amide bonds. The molecular weight excluding hydrogens is 459 g/mol. The molecule has 1 N–H and O–H groups in total. The number of rotatable bonds is 7. The summed E-state index contributed by atoms with van der Waals surface area (Å²) in [5.41, 5.74) is 0.118. The third kappa shape index (κ3) is 4.64. The number of anilines is 1. The summed E-state index contributed by atoms with van der Waals surface area (Å²) in [6.07, 6.45) is 0.811. The maximum absolute atomic E-state index is 13.3. The molecule has 2 aromatic carbocycles. The fraction of sp³-hybridized carbons (Fsp3) is 0.333. The molecule has 0 radical (unpaired) electrons. The van der Waals surface area contributed by atoms with E-state index in [1.54, 1.807) is 12.1 Å². The standard InChI is InChI=1S/C21H20Cl2N4O5/c22-13-3-5-16(23)19(9-13)32-12-15(28)11-26-18-10-14(27(30)31)4-6-17(18)24-20(21(26)29)25-7-1-2-8-25/h3-6,9-10,15,28H,1-2,7-8,11-12H2. The van der Waals surface area contributed by atoms with E-state index in [0.29, 0.717) is 34.4 Å². The molecule has 1 fully saturated rings. The summed E-state index contributed by atoms with van der Waals surface area (Å²) >= 11 is 12.0. The minimum absolute atomic E-state index is 0.141. The van der Waals surface area contributed by atoms with Crippen molar-refractivity contribution >= 4 is 45.7 Å². The predicted octanol–water partition coefficient (Wildman–Crippen LogP) is 3.65. The van der Waals surface area contributed by atoms with E-state index in [1.165, 1.54) is 28.8 Å². The number of hydrogen-bond donors (Lipinski definition) is 1. The molecule has 0 saturated carbocycles. The minimum Gasteiger partial charge on any atom is -0.489 e. The molecule has 1 aliphatic heterocycles. The summed E-state index contributed by atoms with van der Waals surface area (Å²) in [6, 6.07) is 8.87. The van der Waals surface area contributed by atoms with Crippen molar-refractivity contribution < 1.29 is 14.8 Å². The van der Waals surface area contributed by atoms with Crippen LogP contribution < -0.4 is 15.2 Å². The Labute approximate surface area is 192 Å². The third-order valence-electron chi connectivity index (χ3n) is 5.25. The number of aromatic nitrogens is 2. The van der Waals surface area contributed by atoms with Crippen LogP contribution in [-0.2, 0) is 6.54 Å². The summed E-state index contributed by atoms with van der Waals surface area (Å²) in [4.78, 5) is 30.3. The zero-order valence-corrected chi connectivity index (χ0v) is 18.4. The molecule has 1 atom stereocenters. The van der Waals surface area contributed by atoms with Gasteiger partial charge in [0.25, 0.3) is 11.2 Å². The van der Waals surface area contributed by atoms with Gasteiger partial charge in [0.2, 0.25) is 0 Å². The van der Waals surface area contributed by atoms with Crippen LogP contribution >= 0.6 is 23.2 Å². The molecule has 3 aromatic rings. The Kier molecular flexibility index (Phi) is 6.50. The normalized spacial score (nSPS) is 14.7. The van der Waals surface area contributed by atoms with Gasteiger partial charge in [-0.05, 0) is 31.0 Å². The van der Waals surface area contributed by atoms with Crippen LogP contribution in [0.5, 0.6) is 5.75 Å². The topological polar surface area (TPSA) is 111 Å². The smallest absolute Gasteiger partial charge is 0.294 e. The van der Waals surface area contributed by atoms with Crippen LogP contribution in [-0.4, -0.2) is 45.4 Å². The van der Waals surface area contributed by atoms with E-state index in [9.17, 15) is 20.0 Å². The van der Waals surface area contributed by atoms with Crippen molar-refractivity contribution in [2.24, 2.45) is 0 Å². The van der Waals surface area contributed by atoms with Gasteiger partial charge in [0.1, 0.15) is 18.5 Å². The van der Waals surface area contributed by atoms with Gasteiger partial charge in [0.15, 0.2) is 5.82 Å². The molecule has 168 valence electrons. The second-order valence-corrected chi connectivity index (χ2v) is 8.36. The Balaban J connectivity index is 1.67. The lowest BCUT2D eigenvalue weighted by Crippen LogP contribution is -2.35. The molecule has 1 saturated heterocycles. The number of fused-ring (bicyclic) bond motifs is 1. The van der Waals surface area contributed by atoms with Crippen LogP contribution in [0.3, 0.4) is 0 Å². The van der Waals surface area contributed by atoms with E-state index in [-0.39, 0.29) is 30.2 Å². The van der Waals surface area contributed by atoms with Gasteiger partial charge >= 0.3 is 0 Å². The van der Waals surface area contributed by atoms with E-state index in [1.807, 2.05) is 4.90 Å². The Hall–Kier alpha value is -2.88. The fourth-order valence-electron chi connectivity index (χ4n) is 3.68. The van der Waals surface area contributed by atoms with E-state index in [2.05, 4.69) is 4.98 Å². The average molecular weight is 479 g/mol. The van der Waals surface area contributed by atoms with Gasteiger partial charge in [-0.15, -0.1) is 0 Å². The molecule has 11 heteroatoms. The van der Waals surface area contributed by atoms with Crippen molar-refractivity contribution in [3.8, 4) is 5.75 Å². The minimum atomic E-state index is -1.10. The predicted molar refractivity (Wildman–Crippen MR) is 122 cm³/mol. The number of halogens is 2. The number of non-ortho nitro benzene ring substituents is 1. The van der Waals surface area contributed by atoms with E-state index in [4.69, 9.17) is 27.9 Å². The Morgan fingerprint density at radius 3 is 2.66 bits per heavy atom. The van der Waals surface area contributed by atoms with Crippen LogP contribution in [0.2, 0.25) is 10.0 Å². The van der Waals surface area contributed by atoms with Crippen LogP contribution in [0.15, 0.2) is 41.2 Å². The first kappa shape index (κ1) is 22.3. The first-order valence-electron chi connectivity index (χ1n) is 10.0. The quantitative estimate of drug-likeness (QED) is 0.407. The fourth-order valence-corrected chi connectivity index (χ4v) is 4.02. The molecule has 0 bridgehead atoms. The van der Waals surface area contributed by atoms with Gasteiger partial charge in [0.05, 0.1) is 27.5 Å². The van der Waals surface area contributed by atoms with Gasteiger partial charge in [-0.25, -0.2) is 4.98 Å². The summed E-state index contributed by atoms with van der Waals surface area (Å²) in [5, 5.41) is 22.6. The van der Waals surface area contributed by atoms with Crippen molar-refractivity contribution in [1.82, 2.24) is 9.55 Å².